The number of ketones is 1. The maximum absolute atomic E-state index is 13.7. The molecule has 0 aliphatic heterocycles. The molecule has 0 saturated heterocycles. The van der Waals surface area contributed by atoms with Crippen LogP contribution >= 0.6 is 0 Å². The lowest BCUT2D eigenvalue weighted by Crippen LogP contribution is -2.27. The number of nitrogens with zero attached hydrogens (tertiary/aromatic N) is 1. The molecule has 0 radical (unpaired) electrons. The quantitative estimate of drug-likeness (QED) is 0.510. The van der Waals surface area contributed by atoms with Crippen LogP contribution in [0.15, 0.2) is 42.5 Å². The molecule has 0 unspecified atom stereocenters. The largest absolute Gasteiger partial charge is 0.490 e. The number of benzene rings is 2. The molecule has 0 saturated carbocycles. The van der Waals surface area contributed by atoms with Gasteiger partial charge in [-0.1, -0.05) is 12.1 Å². The molecule has 2 aromatic carbocycles. The number of ether oxygens (including phenoxy) is 2. The van der Waals surface area contributed by atoms with E-state index in [0.29, 0.717) is 29.7 Å². The first-order valence-electron chi connectivity index (χ1n) is 8.59. The van der Waals surface area contributed by atoms with Gasteiger partial charge in [0, 0.05) is 20.2 Å². The molecule has 2 aromatic rings. The van der Waals surface area contributed by atoms with Gasteiger partial charge in [-0.2, -0.15) is 0 Å². The zero-order chi connectivity index (χ0) is 20.7. The Bertz CT molecular complexity index is 894. The Labute approximate surface area is 162 Å². The van der Waals surface area contributed by atoms with Gasteiger partial charge in [0.2, 0.25) is 0 Å². The van der Waals surface area contributed by atoms with E-state index in [1.165, 1.54) is 17.1 Å². The molecule has 2 rings (SSSR count). The van der Waals surface area contributed by atoms with Gasteiger partial charge in [0.15, 0.2) is 23.9 Å². The Morgan fingerprint density at radius 3 is 2.43 bits per heavy atom. The minimum Gasteiger partial charge on any atom is -0.490 e. The van der Waals surface area contributed by atoms with Crippen molar-refractivity contribution in [1.82, 2.24) is 4.90 Å². The predicted octanol–water partition coefficient (Wildman–Crippen LogP) is 3.73. The predicted molar refractivity (Wildman–Crippen MR) is 102 cm³/mol. The molecule has 0 atom stereocenters. The number of hydrogen-bond donors (Lipinski definition) is 0. The molecule has 1 amide bonds. The van der Waals surface area contributed by atoms with Gasteiger partial charge in [-0.3, -0.25) is 9.59 Å². The molecule has 0 fully saturated rings. The number of likely N-dealkylation sites (N-methyl/N-ethyl adjacent to an activating group) is 1. The molecule has 0 bridgehead atoms. The molecule has 0 aliphatic carbocycles. The summed E-state index contributed by atoms with van der Waals surface area (Å²) in [5, 5.41) is 0. The zero-order valence-corrected chi connectivity index (χ0v) is 15.9. The van der Waals surface area contributed by atoms with Crippen LogP contribution in [0, 0.1) is 11.6 Å². The van der Waals surface area contributed by atoms with Crippen molar-refractivity contribution in [3.05, 3.63) is 65.2 Å². The van der Waals surface area contributed by atoms with Crippen LogP contribution in [0.2, 0.25) is 0 Å². The van der Waals surface area contributed by atoms with Gasteiger partial charge < -0.3 is 14.4 Å². The fourth-order valence-corrected chi connectivity index (χ4v) is 2.24. The van der Waals surface area contributed by atoms with Crippen molar-refractivity contribution in [2.24, 2.45) is 0 Å². The van der Waals surface area contributed by atoms with Gasteiger partial charge in [0.25, 0.3) is 5.91 Å². The summed E-state index contributed by atoms with van der Waals surface area (Å²) in [6, 6.07) is 7.72. The number of amides is 1. The summed E-state index contributed by atoms with van der Waals surface area (Å²) >= 11 is 0. The zero-order valence-electron chi connectivity index (χ0n) is 15.9. The number of hydrogen-bond acceptors (Lipinski definition) is 4. The highest BCUT2D eigenvalue weighted by molar-refractivity contribution is 6.07. The molecule has 0 spiro atoms. The third-order valence-electron chi connectivity index (χ3n) is 3.74. The van der Waals surface area contributed by atoms with Crippen LogP contribution in [0.25, 0.3) is 6.08 Å². The number of halogens is 2. The molecule has 0 heterocycles. The van der Waals surface area contributed by atoms with Crippen molar-refractivity contribution in [1.29, 1.82) is 0 Å². The van der Waals surface area contributed by atoms with Crippen LogP contribution in [0.5, 0.6) is 11.5 Å². The molecular weight excluding hydrogens is 368 g/mol. The normalized spacial score (nSPS) is 10.8. The third kappa shape index (κ3) is 5.64. The van der Waals surface area contributed by atoms with E-state index in [4.69, 9.17) is 9.47 Å². The lowest BCUT2D eigenvalue weighted by molar-refractivity contribution is -0.130. The Hall–Kier alpha value is -3.22. The number of rotatable bonds is 8. The van der Waals surface area contributed by atoms with E-state index in [2.05, 4.69) is 0 Å². The van der Waals surface area contributed by atoms with E-state index in [0.717, 1.165) is 12.1 Å². The van der Waals surface area contributed by atoms with Gasteiger partial charge >= 0.3 is 0 Å². The van der Waals surface area contributed by atoms with Crippen LogP contribution in [0.3, 0.4) is 0 Å². The number of allylic oxidation sites excluding steroid dienone is 1. The van der Waals surface area contributed by atoms with Crippen molar-refractivity contribution in [3.63, 3.8) is 0 Å². The Morgan fingerprint density at radius 2 is 1.79 bits per heavy atom. The molecule has 0 aliphatic rings. The van der Waals surface area contributed by atoms with E-state index in [9.17, 15) is 18.4 Å². The Kier molecular flexibility index (Phi) is 7.26. The van der Waals surface area contributed by atoms with Crippen LogP contribution < -0.4 is 9.47 Å². The molecule has 28 heavy (non-hydrogen) atoms. The first-order chi connectivity index (χ1) is 13.3. The smallest absolute Gasteiger partial charge is 0.259 e. The second-order valence-electron chi connectivity index (χ2n) is 6.04. The summed E-state index contributed by atoms with van der Waals surface area (Å²) in [7, 11) is 3.26. The summed E-state index contributed by atoms with van der Waals surface area (Å²) in [6.45, 7) is 2.05. The summed E-state index contributed by atoms with van der Waals surface area (Å²) in [5.41, 5.74) is 0.399. The van der Waals surface area contributed by atoms with Gasteiger partial charge in [-0.05, 0) is 42.8 Å². The third-order valence-corrected chi connectivity index (χ3v) is 3.74. The van der Waals surface area contributed by atoms with Crippen molar-refractivity contribution < 1.29 is 27.8 Å². The van der Waals surface area contributed by atoms with Gasteiger partial charge in [-0.25, -0.2) is 8.78 Å². The van der Waals surface area contributed by atoms with Crippen LogP contribution in [0.1, 0.15) is 22.8 Å². The second kappa shape index (κ2) is 9.64. The minimum atomic E-state index is -0.918. The van der Waals surface area contributed by atoms with Crippen molar-refractivity contribution in [2.75, 3.05) is 27.3 Å². The van der Waals surface area contributed by atoms with Crippen molar-refractivity contribution in [2.45, 2.75) is 6.92 Å². The summed E-state index contributed by atoms with van der Waals surface area (Å²) in [5.74, 6) is -1.64. The van der Waals surface area contributed by atoms with Gasteiger partial charge in [0.1, 0.15) is 11.6 Å². The fourth-order valence-electron chi connectivity index (χ4n) is 2.24. The molecule has 0 aromatic heterocycles. The van der Waals surface area contributed by atoms with Gasteiger partial charge in [-0.15, -0.1) is 0 Å². The highest BCUT2D eigenvalue weighted by Gasteiger charge is 2.12. The van der Waals surface area contributed by atoms with E-state index in [1.807, 2.05) is 0 Å². The summed E-state index contributed by atoms with van der Waals surface area (Å²) < 4.78 is 37.7. The number of carbonyl (C=O) groups excluding carboxylic acids is 2. The van der Waals surface area contributed by atoms with Crippen molar-refractivity contribution in [3.8, 4) is 11.5 Å². The van der Waals surface area contributed by atoms with E-state index in [-0.39, 0.29) is 18.1 Å². The first-order valence-corrected chi connectivity index (χ1v) is 8.59. The molecule has 5 nitrogen and oxygen atoms in total. The van der Waals surface area contributed by atoms with Crippen molar-refractivity contribution >= 4 is 17.8 Å². The lowest BCUT2D eigenvalue weighted by Gasteiger charge is -2.14. The number of carbonyl (C=O) groups is 2. The molecule has 148 valence electrons. The molecule has 7 heteroatoms. The summed E-state index contributed by atoms with van der Waals surface area (Å²) in [4.78, 5) is 25.2. The maximum Gasteiger partial charge on any atom is 0.259 e. The van der Waals surface area contributed by atoms with E-state index < -0.39 is 17.4 Å². The fraction of sp³-hybridized carbons (Fsp3) is 0.238. The van der Waals surface area contributed by atoms with Crippen LogP contribution in [-0.2, 0) is 4.79 Å². The molecule has 0 N–H and O–H groups in total. The molecular formula is C21H21F2NO4. The first kappa shape index (κ1) is 21.1. The topological polar surface area (TPSA) is 55.8 Å². The average molecular weight is 389 g/mol. The monoisotopic (exact) mass is 389 g/mol. The van der Waals surface area contributed by atoms with Crippen LogP contribution in [-0.4, -0.2) is 43.9 Å². The Balaban J connectivity index is 2.17. The Morgan fingerprint density at radius 1 is 1.04 bits per heavy atom. The van der Waals surface area contributed by atoms with Crippen LogP contribution in [0.4, 0.5) is 8.78 Å². The summed E-state index contributed by atoms with van der Waals surface area (Å²) in [6.07, 6.45) is 2.68. The minimum absolute atomic E-state index is 0.134. The highest BCUT2D eigenvalue weighted by Crippen LogP contribution is 2.29. The standard InChI is InChI=1S/C21H21F2NO4/c1-4-27-20-11-14(6-10-19(20)28-13-21(26)24(2)3)5-9-18(25)16-8-7-15(22)12-17(16)23/h5-12H,4,13H2,1-3H3/b9-5+. The highest BCUT2D eigenvalue weighted by atomic mass is 19.1. The lowest BCUT2D eigenvalue weighted by atomic mass is 10.1. The van der Waals surface area contributed by atoms with E-state index in [1.54, 1.807) is 39.2 Å². The van der Waals surface area contributed by atoms with E-state index >= 15 is 0 Å². The van der Waals surface area contributed by atoms with Gasteiger partial charge in [0.05, 0.1) is 12.2 Å². The maximum atomic E-state index is 13.7. The second-order valence-corrected chi connectivity index (χ2v) is 6.04. The SMILES string of the molecule is CCOc1cc(/C=C/C(=O)c2ccc(F)cc2F)ccc1OCC(=O)N(C)C. The average Bonchev–Trinajstić information content (AvgIpc) is 2.65.